The lowest BCUT2D eigenvalue weighted by Crippen LogP contribution is -2.43. The van der Waals surface area contributed by atoms with Gasteiger partial charge in [-0.3, -0.25) is 4.99 Å². The summed E-state index contributed by atoms with van der Waals surface area (Å²) in [7, 11) is 0. The average molecular weight is 465 g/mol. The molecule has 0 saturated carbocycles. The third-order valence-electron chi connectivity index (χ3n) is 3.92. The second kappa shape index (κ2) is 10.8. The molecule has 0 radical (unpaired) electrons. The quantitative estimate of drug-likeness (QED) is 0.369. The van der Waals surface area contributed by atoms with Crippen LogP contribution in [-0.4, -0.2) is 43.9 Å². The summed E-state index contributed by atoms with van der Waals surface area (Å²) in [6.45, 7) is 8.93. The topological polar surface area (TPSA) is 54.9 Å². The van der Waals surface area contributed by atoms with Gasteiger partial charge in [-0.1, -0.05) is 0 Å². The lowest BCUT2D eigenvalue weighted by molar-refractivity contribution is 0.0283. The maximum atomic E-state index is 12.9. The zero-order chi connectivity index (χ0) is 17.4. The van der Waals surface area contributed by atoms with E-state index in [2.05, 4.69) is 22.5 Å². The maximum absolute atomic E-state index is 12.9. The van der Waals surface area contributed by atoms with Crippen LogP contribution in [0.3, 0.4) is 0 Å². The lowest BCUT2D eigenvalue weighted by Gasteiger charge is -2.22. The Morgan fingerprint density at radius 2 is 2.08 bits per heavy atom. The van der Waals surface area contributed by atoms with Crippen LogP contribution in [0.25, 0.3) is 0 Å². The molecule has 25 heavy (non-hydrogen) atoms. The number of rotatable bonds is 7. The number of hydrogen-bond donors (Lipinski definition) is 2. The summed E-state index contributed by atoms with van der Waals surface area (Å²) >= 11 is 0. The number of aliphatic imine (C=N–C) groups is 1. The first-order chi connectivity index (χ1) is 11.5. The monoisotopic (exact) mass is 465 g/mol. The molecule has 0 aromatic heterocycles. The van der Waals surface area contributed by atoms with Crippen LogP contribution in [-0.2, 0) is 4.74 Å². The third-order valence-corrected chi connectivity index (χ3v) is 3.92. The van der Waals surface area contributed by atoms with E-state index in [1.807, 2.05) is 13.8 Å². The van der Waals surface area contributed by atoms with Crippen molar-refractivity contribution in [3.8, 4) is 5.75 Å². The number of hydrogen-bond acceptors (Lipinski definition) is 3. The number of ether oxygens (including phenoxy) is 2. The highest BCUT2D eigenvalue weighted by Gasteiger charge is 2.29. The molecule has 1 aromatic carbocycles. The number of nitrogens with one attached hydrogen (secondary N) is 2. The van der Waals surface area contributed by atoms with Crippen LogP contribution in [0, 0.1) is 5.82 Å². The summed E-state index contributed by atoms with van der Waals surface area (Å²) in [4.78, 5) is 4.62. The zero-order valence-electron chi connectivity index (χ0n) is 15.2. The van der Waals surface area contributed by atoms with Gasteiger partial charge in [0.15, 0.2) is 5.96 Å². The standard InChI is InChI=1S/C18H28FN3O2.HI/c1-4-20-17(22-13-18(3)10-5-11-23-18)21-12-14(2)24-16-8-6-15(19)7-9-16;/h6-9,14H,4-5,10-13H2,1-3H3,(H2,20,21,22);1H. The van der Waals surface area contributed by atoms with Crippen molar-refractivity contribution >= 4 is 29.9 Å². The molecule has 1 fully saturated rings. The van der Waals surface area contributed by atoms with E-state index in [0.29, 0.717) is 18.8 Å². The molecule has 0 aliphatic carbocycles. The Morgan fingerprint density at radius 3 is 2.68 bits per heavy atom. The summed E-state index contributed by atoms with van der Waals surface area (Å²) in [5, 5.41) is 6.51. The van der Waals surface area contributed by atoms with E-state index in [1.54, 1.807) is 12.1 Å². The van der Waals surface area contributed by atoms with Crippen molar-refractivity contribution in [1.29, 1.82) is 0 Å². The minimum Gasteiger partial charge on any atom is -0.489 e. The predicted octanol–water partition coefficient (Wildman–Crippen LogP) is 3.34. The van der Waals surface area contributed by atoms with Crippen LogP contribution in [0.15, 0.2) is 29.3 Å². The van der Waals surface area contributed by atoms with Gasteiger partial charge < -0.3 is 20.1 Å². The van der Waals surface area contributed by atoms with Crippen LogP contribution in [0.5, 0.6) is 5.75 Å². The summed E-state index contributed by atoms with van der Waals surface area (Å²) < 4.78 is 24.4. The summed E-state index contributed by atoms with van der Waals surface area (Å²) in [5.74, 6) is 1.14. The van der Waals surface area contributed by atoms with Gasteiger partial charge in [0.05, 0.1) is 18.7 Å². The number of halogens is 2. The van der Waals surface area contributed by atoms with Gasteiger partial charge >= 0.3 is 0 Å². The zero-order valence-corrected chi connectivity index (χ0v) is 17.5. The Morgan fingerprint density at radius 1 is 1.36 bits per heavy atom. The van der Waals surface area contributed by atoms with Crippen molar-refractivity contribution in [2.45, 2.75) is 45.3 Å². The summed E-state index contributed by atoms with van der Waals surface area (Å²) in [6, 6.07) is 6.04. The average Bonchev–Trinajstić information content (AvgIpc) is 2.99. The molecular formula is C18H29FIN3O2. The van der Waals surface area contributed by atoms with E-state index in [4.69, 9.17) is 9.47 Å². The first kappa shape index (κ1) is 22.0. The Kier molecular flexibility index (Phi) is 9.48. The van der Waals surface area contributed by atoms with E-state index in [1.165, 1.54) is 12.1 Å². The molecule has 0 amide bonds. The highest BCUT2D eigenvalue weighted by Crippen LogP contribution is 2.24. The van der Waals surface area contributed by atoms with E-state index in [9.17, 15) is 4.39 Å². The van der Waals surface area contributed by atoms with Crippen molar-refractivity contribution in [1.82, 2.24) is 10.6 Å². The molecule has 1 saturated heterocycles. The first-order valence-corrected chi connectivity index (χ1v) is 8.59. The Labute approximate surface area is 166 Å². The van der Waals surface area contributed by atoms with Crippen molar-refractivity contribution in [2.75, 3.05) is 26.2 Å². The van der Waals surface area contributed by atoms with Crippen LogP contribution in [0.1, 0.15) is 33.6 Å². The molecule has 1 aliphatic heterocycles. The van der Waals surface area contributed by atoms with Gasteiger partial charge in [-0.25, -0.2) is 4.39 Å². The Balaban J connectivity index is 0.00000312. The largest absolute Gasteiger partial charge is 0.489 e. The van der Waals surface area contributed by atoms with Crippen LogP contribution in [0.2, 0.25) is 0 Å². The molecule has 1 heterocycles. The van der Waals surface area contributed by atoms with Crippen molar-refractivity contribution in [3.63, 3.8) is 0 Å². The molecule has 0 bridgehead atoms. The van der Waals surface area contributed by atoms with E-state index < -0.39 is 0 Å². The van der Waals surface area contributed by atoms with Gasteiger partial charge in [-0.2, -0.15) is 0 Å². The maximum Gasteiger partial charge on any atom is 0.191 e. The van der Waals surface area contributed by atoms with Crippen molar-refractivity contribution in [2.24, 2.45) is 4.99 Å². The minimum absolute atomic E-state index is 0. The molecule has 2 rings (SSSR count). The molecule has 1 aromatic rings. The number of guanidine groups is 1. The van der Waals surface area contributed by atoms with Gasteiger partial charge in [0, 0.05) is 13.2 Å². The van der Waals surface area contributed by atoms with Crippen LogP contribution in [0.4, 0.5) is 4.39 Å². The Hall–Kier alpha value is -1.09. The van der Waals surface area contributed by atoms with Gasteiger partial charge in [-0.15, -0.1) is 24.0 Å². The molecule has 1 aliphatic rings. The highest BCUT2D eigenvalue weighted by atomic mass is 127. The molecule has 2 unspecified atom stereocenters. The normalized spacial score (nSPS) is 21.4. The van der Waals surface area contributed by atoms with Gasteiger partial charge in [0.1, 0.15) is 17.7 Å². The van der Waals surface area contributed by atoms with E-state index >= 15 is 0 Å². The predicted molar refractivity (Wildman–Crippen MR) is 109 cm³/mol. The Bertz CT molecular complexity index is 534. The number of nitrogens with zero attached hydrogens (tertiary/aromatic N) is 1. The van der Waals surface area contributed by atoms with Crippen molar-refractivity contribution < 1.29 is 13.9 Å². The highest BCUT2D eigenvalue weighted by molar-refractivity contribution is 14.0. The molecule has 2 N–H and O–H groups in total. The second-order valence-corrected chi connectivity index (χ2v) is 6.36. The molecule has 2 atom stereocenters. The van der Waals surface area contributed by atoms with Gasteiger partial charge in [0.2, 0.25) is 0 Å². The minimum atomic E-state index is -0.266. The second-order valence-electron chi connectivity index (χ2n) is 6.36. The fourth-order valence-corrected chi connectivity index (χ4v) is 2.58. The van der Waals surface area contributed by atoms with E-state index in [-0.39, 0.29) is 41.5 Å². The summed E-state index contributed by atoms with van der Waals surface area (Å²) in [6.07, 6.45) is 2.07. The SMILES string of the molecule is CCNC(=NCC1(C)CCCO1)NCC(C)Oc1ccc(F)cc1.I. The first-order valence-electron chi connectivity index (χ1n) is 8.59. The smallest absolute Gasteiger partial charge is 0.191 e. The fraction of sp³-hybridized carbons (Fsp3) is 0.611. The molecular weight excluding hydrogens is 436 g/mol. The number of benzene rings is 1. The summed E-state index contributed by atoms with van der Waals surface area (Å²) in [5.41, 5.74) is -0.154. The molecule has 7 heteroatoms. The fourth-order valence-electron chi connectivity index (χ4n) is 2.58. The van der Waals surface area contributed by atoms with Gasteiger partial charge in [-0.05, 0) is 57.9 Å². The van der Waals surface area contributed by atoms with Gasteiger partial charge in [0.25, 0.3) is 0 Å². The van der Waals surface area contributed by atoms with Crippen LogP contribution < -0.4 is 15.4 Å². The molecule has 142 valence electrons. The van der Waals surface area contributed by atoms with E-state index in [0.717, 1.165) is 32.0 Å². The third kappa shape index (κ3) is 7.77. The van der Waals surface area contributed by atoms with Crippen molar-refractivity contribution in [3.05, 3.63) is 30.1 Å². The molecule has 5 nitrogen and oxygen atoms in total. The lowest BCUT2D eigenvalue weighted by atomic mass is 10.0. The molecule has 0 spiro atoms. The van der Waals surface area contributed by atoms with Crippen LogP contribution >= 0.6 is 24.0 Å².